The van der Waals surface area contributed by atoms with Crippen LogP contribution in [0.4, 0.5) is 0 Å². The topological polar surface area (TPSA) is 101 Å². The zero-order chi connectivity index (χ0) is 21.5. The molecule has 30 heavy (non-hydrogen) atoms. The fraction of sp³-hybridized carbons (Fsp3) is 0.174. The Hall–Kier alpha value is -4.23. The standard InChI is InChI=1S/C23H18N2O5/c1-3-11-28-20(26)14-18-17-13-16(15-7-9-25-10-8-15)5-6-19(17)30-22(24)21(18)23(27)29-12-4-2/h1-2,5-10,13,18H,11-12,14,24H2. The Labute approximate surface area is 173 Å². The molecule has 0 bridgehead atoms. The number of carbonyl (C=O) groups is 2. The summed E-state index contributed by atoms with van der Waals surface area (Å²) >= 11 is 0. The fourth-order valence-corrected chi connectivity index (χ4v) is 3.13. The van der Waals surface area contributed by atoms with Gasteiger partial charge in [-0.25, -0.2) is 4.79 Å². The lowest BCUT2D eigenvalue weighted by molar-refractivity contribution is -0.142. The minimum absolute atomic E-state index is 0.00212. The molecule has 1 unspecified atom stereocenters. The summed E-state index contributed by atoms with van der Waals surface area (Å²) in [5, 5.41) is 0. The van der Waals surface area contributed by atoms with E-state index < -0.39 is 17.9 Å². The summed E-state index contributed by atoms with van der Waals surface area (Å²) in [6, 6.07) is 9.07. The summed E-state index contributed by atoms with van der Waals surface area (Å²) in [5.74, 6) is 2.61. The SMILES string of the molecule is C#CCOC(=O)CC1C(C(=O)OCC#C)=C(N)Oc2ccc(-c3ccncc3)cc21. The molecule has 1 aromatic heterocycles. The zero-order valence-corrected chi connectivity index (χ0v) is 16.0. The molecule has 0 saturated carbocycles. The normalized spacial score (nSPS) is 14.5. The third-order valence-corrected chi connectivity index (χ3v) is 4.43. The van der Waals surface area contributed by atoms with E-state index in [4.69, 9.17) is 32.8 Å². The number of pyridine rings is 1. The van der Waals surface area contributed by atoms with E-state index in [1.54, 1.807) is 18.5 Å². The quantitative estimate of drug-likeness (QED) is 0.584. The molecule has 3 rings (SSSR count). The monoisotopic (exact) mass is 402 g/mol. The van der Waals surface area contributed by atoms with E-state index in [1.807, 2.05) is 24.3 Å². The van der Waals surface area contributed by atoms with Gasteiger partial charge in [-0.05, 0) is 35.4 Å². The molecule has 0 radical (unpaired) electrons. The first-order chi connectivity index (χ1) is 14.5. The molecule has 2 N–H and O–H groups in total. The Kier molecular flexibility index (Phi) is 6.36. The van der Waals surface area contributed by atoms with E-state index in [0.717, 1.165) is 11.1 Å². The molecule has 0 fully saturated rings. The van der Waals surface area contributed by atoms with Gasteiger partial charge in [0, 0.05) is 23.9 Å². The van der Waals surface area contributed by atoms with Crippen molar-refractivity contribution < 1.29 is 23.8 Å². The van der Waals surface area contributed by atoms with Gasteiger partial charge in [0.05, 0.1) is 6.42 Å². The molecule has 1 atom stereocenters. The first kappa shape index (κ1) is 20.5. The Morgan fingerprint density at radius 1 is 1.07 bits per heavy atom. The summed E-state index contributed by atoms with van der Waals surface area (Å²) in [6.45, 7) is -0.421. The lowest BCUT2D eigenvalue weighted by Crippen LogP contribution is -2.28. The van der Waals surface area contributed by atoms with Crippen LogP contribution < -0.4 is 10.5 Å². The average molecular weight is 402 g/mol. The molecule has 0 aliphatic carbocycles. The Balaban J connectivity index is 2.04. The predicted molar refractivity (Wildman–Crippen MR) is 108 cm³/mol. The first-order valence-electron chi connectivity index (χ1n) is 8.96. The number of nitrogens with zero attached hydrogens (tertiary/aromatic N) is 1. The van der Waals surface area contributed by atoms with E-state index in [-0.39, 0.29) is 31.1 Å². The van der Waals surface area contributed by atoms with Gasteiger partial charge in [0.25, 0.3) is 0 Å². The molecule has 7 heteroatoms. The van der Waals surface area contributed by atoms with Crippen molar-refractivity contribution in [3.63, 3.8) is 0 Å². The van der Waals surface area contributed by atoms with Crippen molar-refractivity contribution in [3.8, 4) is 41.6 Å². The Morgan fingerprint density at radius 3 is 2.47 bits per heavy atom. The molecule has 1 aliphatic heterocycles. The second kappa shape index (κ2) is 9.31. The predicted octanol–water partition coefficient (Wildman–Crippen LogP) is 2.14. The molecule has 7 nitrogen and oxygen atoms in total. The molecule has 1 aliphatic rings. The van der Waals surface area contributed by atoms with E-state index in [2.05, 4.69) is 16.8 Å². The molecule has 2 heterocycles. The second-order valence-electron chi connectivity index (χ2n) is 6.27. The summed E-state index contributed by atoms with van der Waals surface area (Å²) in [5.41, 5.74) is 8.33. The molecule has 2 aromatic rings. The zero-order valence-electron chi connectivity index (χ0n) is 16.0. The van der Waals surface area contributed by atoms with Gasteiger partial charge in [-0.3, -0.25) is 9.78 Å². The maximum absolute atomic E-state index is 12.6. The van der Waals surface area contributed by atoms with Gasteiger partial charge in [0.15, 0.2) is 13.2 Å². The van der Waals surface area contributed by atoms with Gasteiger partial charge in [0.1, 0.15) is 11.3 Å². The highest BCUT2D eigenvalue weighted by atomic mass is 16.5. The summed E-state index contributed by atoms with van der Waals surface area (Å²) in [4.78, 5) is 28.9. The highest BCUT2D eigenvalue weighted by Crippen LogP contribution is 2.42. The molecular weight excluding hydrogens is 384 g/mol. The molecule has 0 spiro atoms. The molecule has 0 amide bonds. The number of nitrogens with two attached hydrogens (primary N) is 1. The smallest absolute Gasteiger partial charge is 0.341 e. The average Bonchev–Trinajstić information content (AvgIpc) is 2.76. The van der Waals surface area contributed by atoms with Gasteiger partial charge in [-0.1, -0.05) is 17.9 Å². The number of hydrogen-bond donors (Lipinski definition) is 1. The third-order valence-electron chi connectivity index (χ3n) is 4.43. The Morgan fingerprint density at radius 2 is 1.77 bits per heavy atom. The lowest BCUT2D eigenvalue weighted by Gasteiger charge is -2.28. The summed E-state index contributed by atoms with van der Waals surface area (Å²) in [6.07, 6.45) is 13.5. The molecule has 1 aromatic carbocycles. The van der Waals surface area contributed by atoms with Crippen LogP contribution in [0.1, 0.15) is 17.9 Å². The molecular formula is C23H18N2O5. The highest BCUT2D eigenvalue weighted by molar-refractivity contribution is 5.93. The minimum Gasteiger partial charge on any atom is -0.452 e. The largest absolute Gasteiger partial charge is 0.452 e. The van der Waals surface area contributed by atoms with Crippen LogP contribution in [0.2, 0.25) is 0 Å². The third kappa shape index (κ3) is 4.43. The van der Waals surface area contributed by atoms with Crippen molar-refractivity contribution in [2.24, 2.45) is 5.73 Å². The number of fused-ring (bicyclic) bond motifs is 1. The number of ether oxygens (including phenoxy) is 3. The van der Waals surface area contributed by atoms with Crippen LogP contribution in [-0.2, 0) is 19.1 Å². The fourth-order valence-electron chi connectivity index (χ4n) is 3.13. The van der Waals surface area contributed by atoms with Gasteiger partial charge in [-0.2, -0.15) is 0 Å². The first-order valence-corrected chi connectivity index (χ1v) is 8.96. The van der Waals surface area contributed by atoms with Gasteiger partial charge < -0.3 is 19.9 Å². The van der Waals surface area contributed by atoms with Crippen molar-refractivity contribution in [2.45, 2.75) is 12.3 Å². The Bertz CT molecular complexity index is 1080. The van der Waals surface area contributed by atoms with E-state index in [9.17, 15) is 9.59 Å². The van der Waals surface area contributed by atoms with Crippen molar-refractivity contribution in [3.05, 3.63) is 59.7 Å². The van der Waals surface area contributed by atoms with Crippen LogP contribution in [0.25, 0.3) is 11.1 Å². The van der Waals surface area contributed by atoms with E-state index in [0.29, 0.717) is 11.3 Å². The van der Waals surface area contributed by atoms with Crippen molar-refractivity contribution >= 4 is 11.9 Å². The van der Waals surface area contributed by atoms with Gasteiger partial charge in [-0.15, -0.1) is 12.8 Å². The summed E-state index contributed by atoms with van der Waals surface area (Å²) < 4.78 is 15.7. The molecule has 150 valence electrons. The number of rotatable bonds is 6. The van der Waals surface area contributed by atoms with E-state index in [1.165, 1.54) is 0 Å². The molecule has 0 saturated heterocycles. The number of carbonyl (C=O) groups excluding carboxylic acids is 2. The maximum atomic E-state index is 12.6. The van der Waals surface area contributed by atoms with E-state index >= 15 is 0 Å². The van der Waals surface area contributed by atoms with Crippen molar-refractivity contribution in [1.29, 1.82) is 0 Å². The van der Waals surface area contributed by atoms with Crippen LogP contribution in [0.15, 0.2) is 54.2 Å². The second-order valence-corrected chi connectivity index (χ2v) is 6.27. The van der Waals surface area contributed by atoms with Gasteiger partial charge >= 0.3 is 11.9 Å². The minimum atomic E-state index is -0.764. The summed E-state index contributed by atoms with van der Waals surface area (Å²) in [7, 11) is 0. The lowest BCUT2D eigenvalue weighted by atomic mass is 9.84. The maximum Gasteiger partial charge on any atom is 0.341 e. The van der Waals surface area contributed by atoms with Crippen LogP contribution in [-0.4, -0.2) is 30.1 Å². The number of aromatic nitrogens is 1. The highest BCUT2D eigenvalue weighted by Gasteiger charge is 2.36. The number of terminal acetylenes is 2. The van der Waals surface area contributed by atoms with Crippen LogP contribution in [0.5, 0.6) is 5.75 Å². The van der Waals surface area contributed by atoms with Crippen molar-refractivity contribution in [2.75, 3.05) is 13.2 Å². The van der Waals surface area contributed by atoms with Crippen molar-refractivity contribution in [1.82, 2.24) is 4.98 Å². The number of hydrogen-bond acceptors (Lipinski definition) is 7. The number of benzene rings is 1. The van der Waals surface area contributed by atoms with Gasteiger partial charge in [0.2, 0.25) is 5.88 Å². The van der Waals surface area contributed by atoms with Crippen LogP contribution >= 0.6 is 0 Å². The van der Waals surface area contributed by atoms with Crippen LogP contribution in [0, 0.1) is 24.7 Å². The number of esters is 2. The van der Waals surface area contributed by atoms with Crippen LogP contribution in [0.3, 0.4) is 0 Å².